The van der Waals surface area contributed by atoms with E-state index in [4.69, 9.17) is 5.11 Å². The number of likely N-dealkylation sites (tertiary alicyclic amines) is 1. The molecule has 0 aromatic carbocycles. The first-order valence-corrected chi connectivity index (χ1v) is 5.23. The van der Waals surface area contributed by atoms with Crippen molar-refractivity contribution in [3.05, 3.63) is 0 Å². The minimum atomic E-state index is 0.341. The monoisotopic (exact) mass is 171 g/mol. The Balaban J connectivity index is 2.29. The Morgan fingerprint density at radius 2 is 1.92 bits per heavy atom. The van der Waals surface area contributed by atoms with Crippen LogP contribution in [0.15, 0.2) is 0 Å². The summed E-state index contributed by atoms with van der Waals surface area (Å²) < 4.78 is 0. The highest BCUT2D eigenvalue weighted by Crippen LogP contribution is 2.14. The summed E-state index contributed by atoms with van der Waals surface area (Å²) in [5, 5.41) is 9.17. The molecule has 1 N–H and O–H groups in total. The topological polar surface area (TPSA) is 23.5 Å². The van der Waals surface area contributed by atoms with E-state index in [0.717, 1.165) is 6.42 Å². The minimum Gasteiger partial charge on any atom is -0.395 e. The van der Waals surface area contributed by atoms with Crippen LogP contribution in [0.5, 0.6) is 0 Å². The molecule has 1 heterocycles. The second-order valence-electron chi connectivity index (χ2n) is 3.72. The van der Waals surface area contributed by atoms with Gasteiger partial charge in [-0.15, -0.1) is 0 Å². The van der Waals surface area contributed by atoms with Crippen molar-refractivity contribution < 1.29 is 5.11 Å². The number of rotatable bonds is 4. The zero-order valence-electron chi connectivity index (χ0n) is 8.13. The van der Waals surface area contributed by atoms with Gasteiger partial charge in [0.05, 0.1) is 6.61 Å². The molecule has 2 nitrogen and oxygen atoms in total. The lowest BCUT2D eigenvalue weighted by molar-refractivity contribution is 0.0978. The smallest absolute Gasteiger partial charge is 0.0586 e. The van der Waals surface area contributed by atoms with Gasteiger partial charge in [0.25, 0.3) is 0 Å². The summed E-state index contributed by atoms with van der Waals surface area (Å²) >= 11 is 0. The molecule has 0 aromatic heterocycles. The van der Waals surface area contributed by atoms with Crippen molar-refractivity contribution in [2.75, 3.05) is 19.7 Å². The van der Waals surface area contributed by atoms with Crippen LogP contribution < -0.4 is 0 Å². The van der Waals surface area contributed by atoms with Gasteiger partial charge in [0.15, 0.2) is 0 Å². The van der Waals surface area contributed by atoms with Crippen molar-refractivity contribution in [3.63, 3.8) is 0 Å². The summed E-state index contributed by atoms with van der Waals surface area (Å²) in [6, 6.07) is 0.440. The molecule has 0 radical (unpaired) electrons. The molecule has 1 aliphatic heterocycles. The molecule has 0 aliphatic carbocycles. The second kappa shape index (κ2) is 5.55. The molecule has 0 spiro atoms. The average molecular weight is 171 g/mol. The third-order valence-electron chi connectivity index (χ3n) is 2.74. The van der Waals surface area contributed by atoms with E-state index in [1.54, 1.807) is 0 Å². The lowest BCUT2D eigenvalue weighted by Crippen LogP contribution is -2.41. The zero-order chi connectivity index (χ0) is 8.81. The van der Waals surface area contributed by atoms with Gasteiger partial charge in [-0.05, 0) is 32.4 Å². The minimum absolute atomic E-state index is 0.341. The molecule has 1 fully saturated rings. The van der Waals surface area contributed by atoms with Crippen LogP contribution in [0.2, 0.25) is 0 Å². The van der Waals surface area contributed by atoms with Crippen molar-refractivity contribution in [3.8, 4) is 0 Å². The van der Waals surface area contributed by atoms with Gasteiger partial charge in [-0.25, -0.2) is 0 Å². The Morgan fingerprint density at radius 3 is 2.42 bits per heavy atom. The van der Waals surface area contributed by atoms with Gasteiger partial charge >= 0.3 is 0 Å². The average Bonchev–Trinajstić information content (AvgIpc) is 2.15. The number of hydrogen-bond donors (Lipinski definition) is 1. The van der Waals surface area contributed by atoms with E-state index in [-0.39, 0.29) is 0 Å². The predicted molar refractivity (Wildman–Crippen MR) is 51.2 cm³/mol. The number of hydrogen-bond acceptors (Lipinski definition) is 2. The maximum atomic E-state index is 9.17. The SMILES string of the molecule is CCCC(CO)N1CCCCC1. The van der Waals surface area contributed by atoms with Crippen LogP contribution in [0.1, 0.15) is 39.0 Å². The Hall–Kier alpha value is -0.0800. The maximum Gasteiger partial charge on any atom is 0.0586 e. The van der Waals surface area contributed by atoms with Gasteiger partial charge in [0, 0.05) is 6.04 Å². The lowest BCUT2D eigenvalue weighted by Gasteiger charge is -2.33. The summed E-state index contributed by atoms with van der Waals surface area (Å²) in [6.07, 6.45) is 6.35. The third-order valence-corrected chi connectivity index (χ3v) is 2.74. The van der Waals surface area contributed by atoms with Crippen molar-refractivity contribution in [2.45, 2.75) is 45.1 Å². The van der Waals surface area contributed by atoms with Gasteiger partial charge in [-0.3, -0.25) is 4.90 Å². The largest absolute Gasteiger partial charge is 0.395 e. The number of aliphatic hydroxyl groups excluding tert-OH is 1. The van der Waals surface area contributed by atoms with Gasteiger partial charge < -0.3 is 5.11 Å². The normalized spacial score (nSPS) is 22.5. The predicted octanol–water partition coefficient (Wildman–Crippen LogP) is 1.63. The fraction of sp³-hybridized carbons (Fsp3) is 1.00. The van der Waals surface area contributed by atoms with Crippen LogP contribution >= 0.6 is 0 Å². The first-order chi connectivity index (χ1) is 5.88. The standard InChI is InChI=1S/C10H21NO/c1-2-6-10(9-12)11-7-4-3-5-8-11/h10,12H,2-9H2,1H3. The van der Waals surface area contributed by atoms with Gasteiger partial charge in [0.2, 0.25) is 0 Å². The molecule has 1 rings (SSSR count). The van der Waals surface area contributed by atoms with Crippen LogP contribution in [0, 0.1) is 0 Å². The summed E-state index contributed by atoms with van der Waals surface area (Å²) in [7, 11) is 0. The molecule has 2 heteroatoms. The fourth-order valence-electron chi connectivity index (χ4n) is 2.01. The molecule has 0 bridgehead atoms. The van der Waals surface area contributed by atoms with E-state index in [1.165, 1.54) is 38.8 Å². The molecule has 1 aliphatic rings. The molecule has 1 unspecified atom stereocenters. The van der Waals surface area contributed by atoms with E-state index in [0.29, 0.717) is 12.6 Å². The number of aliphatic hydroxyl groups is 1. The van der Waals surface area contributed by atoms with Crippen LogP contribution in [0.25, 0.3) is 0 Å². The molecule has 0 amide bonds. The van der Waals surface area contributed by atoms with E-state index in [9.17, 15) is 0 Å². The molecule has 1 atom stereocenters. The van der Waals surface area contributed by atoms with E-state index >= 15 is 0 Å². The Bertz CT molecular complexity index is 108. The van der Waals surface area contributed by atoms with Crippen molar-refractivity contribution >= 4 is 0 Å². The summed E-state index contributed by atoms with van der Waals surface area (Å²) in [6.45, 7) is 4.93. The van der Waals surface area contributed by atoms with Crippen molar-refractivity contribution in [2.24, 2.45) is 0 Å². The summed E-state index contributed by atoms with van der Waals surface area (Å²) in [5.74, 6) is 0. The molecule has 0 saturated carbocycles. The summed E-state index contributed by atoms with van der Waals surface area (Å²) in [4.78, 5) is 2.45. The first-order valence-electron chi connectivity index (χ1n) is 5.23. The molecule has 12 heavy (non-hydrogen) atoms. The van der Waals surface area contributed by atoms with Crippen LogP contribution in [-0.4, -0.2) is 35.7 Å². The highest BCUT2D eigenvalue weighted by Gasteiger charge is 2.18. The van der Waals surface area contributed by atoms with Gasteiger partial charge in [-0.1, -0.05) is 19.8 Å². The second-order valence-corrected chi connectivity index (χ2v) is 3.72. The van der Waals surface area contributed by atoms with Gasteiger partial charge in [0.1, 0.15) is 0 Å². The maximum absolute atomic E-state index is 9.17. The molecular formula is C10H21NO. The first kappa shape index (κ1) is 10.0. The Labute approximate surface area is 75.6 Å². The van der Waals surface area contributed by atoms with E-state index < -0.39 is 0 Å². The number of nitrogens with zero attached hydrogens (tertiary/aromatic N) is 1. The lowest BCUT2D eigenvalue weighted by atomic mass is 10.1. The van der Waals surface area contributed by atoms with Crippen LogP contribution in [0.3, 0.4) is 0 Å². The summed E-state index contributed by atoms with van der Waals surface area (Å²) in [5.41, 5.74) is 0. The Morgan fingerprint density at radius 1 is 1.25 bits per heavy atom. The molecule has 72 valence electrons. The van der Waals surface area contributed by atoms with E-state index in [1.807, 2.05) is 0 Å². The highest BCUT2D eigenvalue weighted by atomic mass is 16.3. The quantitative estimate of drug-likeness (QED) is 0.695. The fourth-order valence-corrected chi connectivity index (χ4v) is 2.01. The Kier molecular flexibility index (Phi) is 4.62. The van der Waals surface area contributed by atoms with E-state index in [2.05, 4.69) is 11.8 Å². The third kappa shape index (κ3) is 2.76. The molecular weight excluding hydrogens is 150 g/mol. The molecule has 1 saturated heterocycles. The van der Waals surface area contributed by atoms with Crippen LogP contribution in [0.4, 0.5) is 0 Å². The number of piperidine rings is 1. The zero-order valence-corrected chi connectivity index (χ0v) is 8.13. The van der Waals surface area contributed by atoms with Gasteiger partial charge in [-0.2, -0.15) is 0 Å². The molecule has 0 aromatic rings. The van der Waals surface area contributed by atoms with Crippen molar-refractivity contribution in [1.29, 1.82) is 0 Å². The van der Waals surface area contributed by atoms with Crippen molar-refractivity contribution in [1.82, 2.24) is 4.90 Å². The highest BCUT2D eigenvalue weighted by molar-refractivity contribution is 4.73. The van der Waals surface area contributed by atoms with Crippen LogP contribution in [-0.2, 0) is 0 Å².